The Kier molecular flexibility index (Phi) is 4.84. The highest BCUT2D eigenvalue weighted by Gasteiger charge is 2.26. The minimum Gasteiger partial charge on any atom is -0.278 e. The molecule has 21 heavy (non-hydrogen) atoms. The number of hydrogen-bond donors (Lipinski definition) is 1. The minimum absolute atomic E-state index is 0.368. The lowest BCUT2D eigenvalue weighted by atomic mass is 10.3. The summed E-state index contributed by atoms with van der Waals surface area (Å²) >= 11 is 5.10. The Hall–Kier alpha value is -1.20. The average molecular weight is 483 g/mol. The van der Waals surface area contributed by atoms with Crippen LogP contribution in [0.3, 0.4) is 0 Å². The third-order valence-electron chi connectivity index (χ3n) is 2.53. The number of anilines is 1. The van der Waals surface area contributed by atoms with Gasteiger partial charge in [0.25, 0.3) is 15.7 Å². The molecule has 0 saturated carbocycles. The van der Waals surface area contributed by atoms with Crippen molar-refractivity contribution in [2.75, 3.05) is 4.72 Å². The summed E-state index contributed by atoms with van der Waals surface area (Å²) in [7, 11) is -4.06. The second-order valence-corrected chi connectivity index (χ2v) is 7.68. The first-order valence-corrected chi connectivity index (χ1v) is 8.88. The Morgan fingerprint density at radius 2 is 1.86 bits per heavy atom. The number of nitro groups is 1. The monoisotopic (exact) mass is 482 g/mol. The number of rotatable bonds is 4. The summed E-state index contributed by atoms with van der Waals surface area (Å²) in [6.45, 7) is 0. The van der Waals surface area contributed by atoms with E-state index in [-0.39, 0.29) is 4.90 Å². The topological polar surface area (TPSA) is 89.3 Å². The molecular weight excluding hydrogens is 475 g/mol. The van der Waals surface area contributed by atoms with Crippen molar-refractivity contribution in [1.29, 1.82) is 0 Å². The lowest BCUT2D eigenvalue weighted by Gasteiger charge is -2.10. The first-order valence-electron chi connectivity index (χ1n) is 5.52. The maximum absolute atomic E-state index is 12.4. The molecule has 0 aliphatic heterocycles. The third kappa shape index (κ3) is 3.71. The van der Waals surface area contributed by atoms with Crippen LogP contribution in [-0.4, -0.2) is 13.3 Å². The van der Waals surface area contributed by atoms with E-state index in [0.29, 0.717) is 13.7 Å². The van der Waals surface area contributed by atoms with E-state index in [2.05, 4.69) is 20.7 Å². The molecule has 0 amide bonds. The predicted molar refractivity (Wildman–Crippen MR) is 90.8 cm³/mol. The number of benzene rings is 2. The van der Waals surface area contributed by atoms with E-state index >= 15 is 0 Å². The van der Waals surface area contributed by atoms with Crippen LogP contribution in [0.25, 0.3) is 0 Å². The van der Waals surface area contributed by atoms with Gasteiger partial charge in [-0.2, -0.15) is 0 Å². The number of para-hydroxylation sites is 1. The summed E-state index contributed by atoms with van der Waals surface area (Å²) in [5.74, 6) is 0. The van der Waals surface area contributed by atoms with Crippen molar-refractivity contribution in [3.8, 4) is 0 Å². The molecule has 0 heterocycles. The van der Waals surface area contributed by atoms with E-state index in [9.17, 15) is 18.5 Å². The van der Waals surface area contributed by atoms with Crippen LogP contribution in [0.1, 0.15) is 0 Å². The van der Waals surface area contributed by atoms with Gasteiger partial charge in [0.15, 0.2) is 4.90 Å². The van der Waals surface area contributed by atoms with Gasteiger partial charge in [0.1, 0.15) is 0 Å². The van der Waals surface area contributed by atoms with E-state index in [1.807, 2.05) is 22.6 Å². The number of nitro benzene ring substituents is 1. The first-order chi connectivity index (χ1) is 9.81. The van der Waals surface area contributed by atoms with E-state index in [0.717, 1.165) is 6.07 Å². The van der Waals surface area contributed by atoms with Crippen molar-refractivity contribution in [2.24, 2.45) is 0 Å². The smallest absolute Gasteiger partial charge is 0.278 e. The summed E-state index contributed by atoms with van der Waals surface area (Å²) in [6.07, 6.45) is 0. The summed E-state index contributed by atoms with van der Waals surface area (Å²) < 4.78 is 28.3. The molecule has 0 aromatic heterocycles. The molecule has 110 valence electrons. The highest BCUT2D eigenvalue weighted by atomic mass is 127. The number of nitrogens with zero attached hydrogens (tertiary/aromatic N) is 1. The zero-order valence-corrected chi connectivity index (χ0v) is 14.8. The summed E-state index contributed by atoms with van der Waals surface area (Å²) in [6, 6.07) is 10.5. The van der Waals surface area contributed by atoms with Gasteiger partial charge in [-0.15, -0.1) is 0 Å². The second-order valence-electron chi connectivity index (χ2n) is 3.95. The lowest BCUT2D eigenvalue weighted by molar-refractivity contribution is -0.387. The Morgan fingerprint density at radius 3 is 2.48 bits per heavy atom. The standard InChI is InChI=1S/C12H8BrIN2O4S/c13-8-5-6-11(16(17)18)12(7-8)21(19,20)15-10-4-2-1-3-9(10)14/h1-7,15H. The number of hydrogen-bond acceptors (Lipinski definition) is 4. The molecule has 0 saturated heterocycles. The zero-order chi connectivity index (χ0) is 15.6. The number of halogens is 2. The molecule has 0 aliphatic carbocycles. The highest BCUT2D eigenvalue weighted by Crippen LogP contribution is 2.29. The van der Waals surface area contributed by atoms with Gasteiger partial charge in [-0.05, 0) is 46.9 Å². The molecule has 9 heteroatoms. The minimum atomic E-state index is -4.06. The largest absolute Gasteiger partial charge is 0.289 e. The molecule has 2 aromatic carbocycles. The molecule has 0 aliphatic rings. The summed E-state index contributed by atoms with van der Waals surface area (Å²) in [5, 5.41) is 11.0. The third-order valence-corrected chi connectivity index (χ3v) is 5.35. The molecule has 0 radical (unpaired) electrons. The van der Waals surface area contributed by atoms with Gasteiger partial charge >= 0.3 is 0 Å². The van der Waals surface area contributed by atoms with Crippen LogP contribution < -0.4 is 4.72 Å². The number of sulfonamides is 1. The van der Waals surface area contributed by atoms with Gasteiger partial charge in [-0.3, -0.25) is 14.8 Å². The van der Waals surface area contributed by atoms with Crippen molar-refractivity contribution >= 4 is 59.9 Å². The fourth-order valence-corrected chi connectivity index (χ4v) is 4.09. The van der Waals surface area contributed by atoms with Crippen LogP contribution in [-0.2, 0) is 10.0 Å². The Bertz CT molecular complexity index is 811. The van der Waals surface area contributed by atoms with E-state index in [1.165, 1.54) is 12.1 Å². The highest BCUT2D eigenvalue weighted by molar-refractivity contribution is 14.1. The lowest BCUT2D eigenvalue weighted by Crippen LogP contribution is -2.15. The van der Waals surface area contributed by atoms with E-state index in [1.54, 1.807) is 24.3 Å². The normalized spacial score (nSPS) is 11.1. The molecule has 2 rings (SSSR count). The van der Waals surface area contributed by atoms with E-state index < -0.39 is 20.6 Å². The van der Waals surface area contributed by atoms with Crippen molar-refractivity contribution in [3.05, 3.63) is 60.6 Å². The molecule has 2 aromatic rings. The molecule has 0 bridgehead atoms. The van der Waals surface area contributed by atoms with Gasteiger partial charge in [-0.25, -0.2) is 8.42 Å². The quantitative estimate of drug-likeness (QED) is 0.408. The zero-order valence-electron chi connectivity index (χ0n) is 10.3. The van der Waals surface area contributed by atoms with E-state index in [4.69, 9.17) is 0 Å². The van der Waals surface area contributed by atoms with Crippen LogP contribution in [0.2, 0.25) is 0 Å². The molecule has 0 fully saturated rings. The van der Waals surface area contributed by atoms with Crippen molar-refractivity contribution in [2.45, 2.75) is 4.90 Å². The Morgan fingerprint density at radius 1 is 1.19 bits per heavy atom. The van der Waals surface area contributed by atoms with Crippen LogP contribution in [0, 0.1) is 13.7 Å². The molecule has 0 spiro atoms. The maximum Gasteiger partial charge on any atom is 0.289 e. The van der Waals surface area contributed by atoms with Crippen molar-refractivity contribution in [3.63, 3.8) is 0 Å². The Labute approximate surface area is 143 Å². The van der Waals surface area contributed by atoms with Crippen LogP contribution in [0.4, 0.5) is 11.4 Å². The number of nitrogens with one attached hydrogen (secondary N) is 1. The predicted octanol–water partition coefficient (Wildman–Crippen LogP) is 3.76. The first kappa shape index (κ1) is 16.2. The fraction of sp³-hybridized carbons (Fsp3) is 0. The molecular formula is C12H8BrIN2O4S. The van der Waals surface area contributed by atoms with Crippen LogP contribution in [0.15, 0.2) is 51.8 Å². The van der Waals surface area contributed by atoms with Crippen LogP contribution in [0.5, 0.6) is 0 Å². The van der Waals surface area contributed by atoms with Gasteiger partial charge in [-0.1, -0.05) is 28.1 Å². The van der Waals surface area contributed by atoms with Crippen molar-refractivity contribution in [1.82, 2.24) is 0 Å². The molecule has 1 N–H and O–H groups in total. The van der Waals surface area contributed by atoms with Crippen LogP contribution >= 0.6 is 38.5 Å². The SMILES string of the molecule is O=[N+]([O-])c1ccc(Br)cc1S(=O)(=O)Nc1ccccc1I. The molecule has 6 nitrogen and oxygen atoms in total. The van der Waals surface area contributed by atoms with Crippen molar-refractivity contribution < 1.29 is 13.3 Å². The second kappa shape index (κ2) is 6.28. The average Bonchev–Trinajstić information content (AvgIpc) is 2.41. The summed E-state index contributed by atoms with van der Waals surface area (Å²) in [5.41, 5.74) is -0.107. The van der Waals surface area contributed by atoms with Gasteiger partial charge < -0.3 is 0 Å². The Balaban J connectivity index is 2.52. The maximum atomic E-state index is 12.4. The van der Waals surface area contributed by atoms with Gasteiger partial charge in [0.05, 0.1) is 10.6 Å². The fourth-order valence-electron chi connectivity index (χ4n) is 1.60. The molecule has 0 atom stereocenters. The summed E-state index contributed by atoms with van der Waals surface area (Å²) in [4.78, 5) is 9.88. The molecule has 0 unspecified atom stereocenters. The van der Waals surface area contributed by atoms with Gasteiger partial charge in [0.2, 0.25) is 0 Å². The van der Waals surface area contributed by atoms with Gasteiger partial charge in [0, 0.05) is 14.1 Å².